The zero-order chi connectivity index (χ0) is 17.3. The monoisotopic (exact) mass is 348 g/mol. The number of anilines is 1. The van der Waals surface area contributed by atoms with Crippen molar-refractivity contribution in [2.24, 2.45) is 0 Å². The molecule has 3 rings (SSSR count). The molecule has 0 unspecified atom stereocenters. The summed E-state index contributed by atoms with van der Waals surface area (Å²) < 4.78 is 0. The Morgan fingerprint density at radius 2 is 1.44 bits per heavy atom. The minimum atomic E-state index is -0.183. The number of rotatable bonds is 6. The third kappa shape index (κ3) is 5.40. The predicted octanol–water partition coefficient (Wildman–Crippen LogP) is 5.20. The van der Waals surface area contributed by atoms with Crippen molar-refractivity contribution >= 4 is 23.5 Å². The summed E-state index contributed by atoms with van der Waals surface area (Å²) in [7, 11) is 0. The van der Waals surface area contributed by atoms with Gasteiger partial charge in [-0.3, -0.25) is 0 Å². The summed E-state index contributed by atoms with van der Waals surface area (Å²) in [6.07, 6.45) is 0.814. The van der Waals surface area contributed by atoms with E-state index in [1.165, 1.54) is 5.56 Å². The summed E-state index contributed by atoms with van der Waals surface area (Å²) in [4.78, 5) is 14.3. The van der Waals surface area contributed by atoms with Crippen LogP contribution in [0.15, 0.2) is 94.7 Å². The standard InChI is InChI=1S/C21H20N2OS/c24-21(22-16-15-17-9-3-1-4-10-17)23-19-13-7-8-14-20(19)25-18-11-5-2-6-12-18/h1-14H,15-16H2,(H2,22,23,24). The molecule has 0 heterocycles. The van der Waals surface area contributed by atoms with Gasteiger partial charge in [-0.25, -0.2) is 4.79 Å². The Bertz CT molecular complexity index is 806. The number of para-hydroxylation sites is 1. The maximum Gasteiger partial charge on any atom is 0.319 e. The van der Waals surface area contributed by atoms with Crippen LogP contribution in [0.5, 0.6) is 0 Å². The van der Waals surface area contributed by atoms with Crippen LogP contribution in [0.1, 0.15) is 5.56 Å². The third-order valence-electron chi connectivity index (χ3n) is 3.65. The quantitative estimate of drug-likeness (QED) is 0.643. The van der Waals surface area contributed by atoms with Gasteiger partial charge in [0.1, 0.15) is 0 Å². The van der Waals surface area contributed by atoms with E-state index >= 15 is 0 Å². The second-order valence-corrected chi connectivity index (χ2v) is 6.64. The largest absolute Gasteiger partial charge is 0.338 e. The Hall–Kier alpha value is -2.72. The zero-order valence-corrected chi connectivity index (χ0v) is 14.6. The molecular formula is C21H20N2OS. The molecule has 0 aliphatic heterocycles. The second kappa shape index (κ2) is 8.94. The fourth-order valence-corrected chi connectivity index (χ4v) is 3.33. The lowest BCUT2D eigenvalue weighted by Crippen LogP contribution is -2.30. The molecule has 3 aromatic carbocycles. The molecule has 0 aliphatic carbocycles. The van der Waals surface area contributed by atoms with Crippen molar-refractivity contribution in [3.05, 3.63) is 90.5 Å². The Balaban J connectivity index is 1.56. The topological polar surface area (TPSA) is 41.1 Å². The number of carbonyl (C=O) groups excluding carboxylic acids is 1. The molecule has 0 saturated heterocycles. The van der Waals surface area contributed by atoms with E-state index in [1.807, 2.05) is 60.7 Å². The van der Waals surface area contributed by atoms with Gasteiger partial charge in [0.25, 0.3) is 0 Å². The van der Waals surface area contributed by atoms with Gasteiger partial charge in [0, 0.05) is 16.3 Å². The van der Waals surface area contributed by atoms with E-state index in [0.29, 0.717) is 6.54 Å². The molecule has 0 atom stereocenters. The van der Waals surface area contributed by atoms with Gasteiger partial charge in [-0.2, -0.15) is 0 Å². The Morgan fingerprint density at radius 1 is 0.800 bits per heavy atom. The lowest BCUT2D eigenvalue weighted by molar-refractivity contribution is 0.252. The van der Waals surface area contributed by atoms with Crippen molar-refractivity contribution in [3.8, 4) is 0 Å². The van der Waals surface area contributed by atoms with E-state index in [-0.39, 0.29) is 6.03 Å². The van der Waals surface area contributed by atoms with Gasteiger partial charge in [-0.15, -0.1) is 0 Å². The molecule has 0 fully saturated rings. The molecule has 3 aromatic rings. The van der Waals surface area contributed by atoms with Crippen LogP contribution in [0.3, 0.4) is 0 Å². The first-order valence-electron chi connectivity index (χ1n) is 8.22. The van der Waals surface area contributed by atoms with Gasteiger partial charge in [-0.1, -0.05) is 72.4 Å². The number of nitrogens with one attached hydrogen (secondary N) is 2. The minimum absolute atomic E-state index is 0.183. The zero-order valence-electron chi connectivity index (χ0n) is 13.8. The Kier molecular flexibility index (Phi) is 6.12. The first-order chi connectivity index (χ1) is 12.3. The summed E-state index contributed by atoms with van der Waals surface area (Å²) in [5.74, 6) is 0. The highest BCUT2D eigenvalue weighted by molar-refractivity contribution is 7.99. The second-order valence-electron chi connectivity index (χ2n) is 5.53. The summed E-state index contributed by atoms with van der Waals surface area (Å²) in [5.41, 5.74) is 2.02. The van der Waals surface area contributed by atoms with Gasteiger partial charge < -0.3 is 10.6 Å². The number of hydrogen-bond acceptors (Lipinski definition) is 2. The van der Waals surface area contributed by atoms with E-state index in [2.05, 4.69) is 34.9 Å². The molecule has 0 bridgehead atoms. The lowest BCUT2D eigenvalue weighted by Gasteiger charge is -2.12. The first kappa shape index (κ1) is 17.1. The maximum atomic E-state index is 12.2. The fraction of sp³-hybridized carbons (Fsp3) is 0.0952. The molecule has 0 radical (unpaired) electrons. The van der Waals surface area contributed by atoms with Crippen LogP contribution < -0.4 is 10.6 Å². The minimum Gasteiger partial charge on any atom is -0.338 e. The van der Waals surface area contributed by atoms with Crippen LogP contribution in [0, 0.1) is 0 Å². The van der Waals surface area contributed by atoms with Crippen LogP contribution in [0.4, 0.5) is 10.5 Å². The van der Waals surface area contributed by atoms with Crippen LogP contribution in [0.25, 0.3) is 0 Å². The number of amides is 2. The van der Waals surface area contributed by atoms with Crippen LogP contribution in [-0.4, -0.2) is 12.6 Å². The van der Waals surface area contributed by atoms with E-state index in [9.17, 15) is 4.79 Å². The van der Waals surface area contributed by atoms with Gasteiger partial charge in [0.15, 0.2) is 0 Å². The number of carbonyl (C=O) groups is 1. The average Bonchev–Trinajstić information content (AvgIpc) is 2.65. The number of urea groups is 1. The molecule has 0 aliphatic rings. The smallest absolute Gasteiger partial charge is 0.319 e. The lowest BCUT2D eigenvalue weighted by atomic mass is 10.1. The summed E-state index contributed by atoms with van der Waals surface area (Å²) in [5, 5.41) is 5.86. The van der Waals surface area contributed by atoms with Crippen LogP contribution in [-0.2, 0) is 6.42 Å². The van der Waals surface area contributed by atoms with Gasteiger partial charge in [-0.05, 0) is 36.2 Å². The van der Waals surface area contributed by atoms with Crippen molar-refractivity contribution in [1.29, 1.82) is 0 Å². The fourth-order valence-electron chi connectivity index (χ4n) is 2.41. The maximum absolute atomic E-state index is 12.2. The van der Waals surface area contributed by atoms with Crippen LogP contribution >= 0.6 is 11.8 Å². The van der Waals surface area contributed by atoms with E-state index < -0.39 is 0 Å². The molecule has 0 saturated carbocycles. The van der Waals surface area contributed by atoms with Crippen molar-refractivity contribution in [2.75, 3.05) is 11.9 Å². The molecule has 3 nitrogen and oxygen atoms in total. The normalized spacial score (nSPS) is 10.2. The molecule has 2 N–H and O–H groups in total. The van der Waals surface area contributed by atoms with Crippen molar-refractivity contribution in [3.63, 3.8) is 0 Å². The Labute approximate surface area is 152 Å². The van der Waals surface area contributed by atoms with E-state index in [4.69, 9.17) is 0 Å². The molecular weight excluding hydrogens is 328 g/mol. The SMILES string of the molecule is O=C(NCCc1ccccc1)Nc1ccccc1Sc1ccccc1. The molecule has 4 heteroatoms. The molecule has 2 amide bonds. The highest BCUT2D eigenvalue weighted by Gasteiger charge is 2.07. The van der Waals surface area contributed by atoms with Crippen molar-refractivity contribution in [2.45, 2.75) is 16.2 Å². The van der Waals surface area contributed by atoms with E-state index in [1.54, 1.807) is 11.8 Å². The van der Waals surface area contributed by atoms with Gasteiger partial charge >= 0.3 is 6.03 Å². The van der Waals surface area contributed by atoms with Crippen LogP contribution in [0.2, 0.25) is 0 Å². The van der Waals surface area contributed by atoms with Gasteiger partial charge in [0.05, 0.1) is 5.69 Å². The Morgan fingerprint density at radius 3 is 2.20 bits per heavy atom. The number of benzene rings is 3. The molecule has 0 spiro atoms. The summed E-state index contributed by atoms with van der Waals surface area (Å²) in [6.45, 7) is 0.601. The molecule has 25 heavy (non-hydrogen) atoms. The molecule has 126 valence electrons. The van der Waals surface area contributed by atoms with Gasteiger partial charge in [0.2, 0.25) is 0 Å². The summed E-state index contributed by atoms with van der Waals surface area (Å²) >= 11 is 1.63. The highest BCUT2D eigenvalue weighted by atomic mass is 32.2. The van der Waals surface area contributed by atoms with Crippen molar-refractivity contribution in [1.82, 2.24) is 5.32 Å². The average molecular weight is 348 g/mol. The van der Waals surface area contributed by atoms with E-state index in [0.717, 1.165) is 21.9 Å². The summed E-state index contributed by atoms with van der Waals surface area (Å²) in [6, 6.07) is 27.9. The number of hydrogen-bond donors (Lipinski definition) is 2. The molecule has 0 aromatic heterocycles. The highest BCUT2D eigenvalue weighted by Crippen LogP contribution is 2.33. The first-order valence-corrected chi connectivity index (χ1v) is 9.03. The van der Waals surface area contributed by atoms with Crippen molar-refractivity contribution < 1.29 is 4.79 Å². The predicted molar refractivity (Wildman–Crippen MR) is 104 cm³/mol. The third-order valence-corrected chi connectivity index (χ3v) is 4.73.